The van der Waals surface area contributed by atoms with E-state index in [1.807, 2.05) is 70.5 Å². The van der Waals surface area contributed by atoms with Crippen molar-refractivity contribution in [2.24, 2.45) is 5.92 Å². The van der Waals surface area contributed by atoms with E-state index < -0.39 is 0 Å². The lowest BCUT2D eigenvalue weighted by molar-refractivity contribution is -0.148. The summed E-state index contributed by atoms with van der Waals surface area (Å²) in [4.78, 5) is 44.7. The first-order chi connectivity index (χ1) is 16.6. The van der Waals surface area contributed by atoms with E-state index in [2.05, 4.69) is 10.2 Å². The van der Waals surface area contributed by atoms with Crippen LogP contribution in [0.15, 0.2) is 60.7 Å². The van der Waals surface area contributed by atoms with Crippen LogP contribution >= 0.6 is 0 Å². The number of carbonyl (C=O) groups is 3. The molecule has 2 aliphatic heterocycles. The monoisotopic (exact) mass is 462 g/mol. The van der Waals surface area contributed by atoms with Crippen LogP contribution in [0.1, 0.15) is 36.4 Å². The zero-order chi connectivity index (χ0) is 23.9. The first-order valence-corrected chi connectivity index (χ1v) is 12.2. The molecule has 2 atom stereocenters. The quantitative estimate of drug-likeness (QED) is 0.716. The fraction of sp³-hybridized carbons (Fsp3) is 0.444. The minimum Gasteiger partial charge on any atom is -0.358 e. The second-order valence-electron chi connectivity index (χ2n) is 9.14. The van der Waals surface area contributed by atoms with Gasteiger partial charge >= 0.3 is 0 Å². The molecule has 2 unspecified atom stereocenters. The summed E-state index contributed by atoms with van der Waals surface area (Å²) in [5.74, 6) is -0.0869. The second-order valence-corrected chi connectivity index (χ2v) is 9.14. The van der Waals surface area contributed by atoms with Gasteiger partial charge in [-0.1, -0.05) is 60.7 Å². The normalized spacial score (nSPS) is 21.7. The molecule has 34 heavy (non-hydrogen) atoms. The van der Waals surface area contributed by atoms with Gasteiger partial charge in [0.2, 0.25) is 17.7 Å². The Bertz CT molecular complexity index is 982. The number of likely N-dealkylation sites (tertiary alicyclic amines) is 1. The van der Waals surface area contributed by atoms with Crippen LogP contribution in [-0.4, -0.2) is 72.2 Å². The van der Waals surface area contributed by atoms with Crippen molar-refractivity contribution in [1.82, 2.24) is 20.0 Å². The zero-order valence-electron chi connectivity index (χ0n) is 19.9. The molecule has 2 saturated heterocycles. The summed E-state index contributed by atoms with van der Waals surface area (Å²) in [6.07, 6.45) is 1.77. The molecular formula is C27H34N4O3. The summed E-state index contributed by atoms with van der Waals surface area (Å²) in [7, 11) is 1.64. The Morgan fingerprint density at radius 1 is 0.941 bits per heavy atom. The Hall–Kier alpha value is -3.19. The van der Waals surface area contributed by atoms with Crippen LogP contribution in [-0.2, 0) is 20.9 Å². The number of benzene rings is 2. The van der Waals surface area contributed by atoms with Gasteiger partial charge in [-0.25, -0.2) is 0 Å². The molecule has 1 N–H and O–H groups in total. The Morgan fingerprint density at radius 3 is 2.35 bits per heavy atom. The van der Waals surface area contributed by atoms with Gasteiger partial charge in [0.15, 0.2) is 0 Å². The van der Waals surface area contributed by atoms with Gasteiger partial charge in [0.25, 0.3) is 0 Å². The van der Waals surface area contributed by atoms with Crippen molar-refractivity contribution in [3.8, 4) is 0 Å². The standard InChI is InChI=1S/C27H34N4O3/c1-28-24(32)20-29-15-8-16-30(18-17-29)27(34)23-13-14-25(33)31(19-21-9-4-2-5-10-21)26(23)22-11-6-3-7-12-22/h2-7,9-12,23,26H,8,13-20H2,1H3,(H,28,32). The van der Waals surface area contributed by atoms with Crippen molar-refractivity contribution < 1.29 is 14.4 Å². The summed E-state index contributed by atoms with van der Waals surface area (Å²) in [5.41, 5.74) is 2.06. The molecule has 7 nitrogen and oxygen atoms in total. The van der Waals surface area contributed by atoms with Gasteiger partial charge < -0.3 is 15.1 Å². The molecule has 0 spiro atoms. The highest BCUT2D eigenvalue weighted by Crippen LogP contribution is 2.39. The van der Waals surface area contributed by atoms with Gasteiger partial charge in [-0.15, -0.1) is 0 Å². The lowest BCUT2D eigenvalue weighted by atomic mass is 9.83. The van der Waals surface area contributed by atoms with E-state index in [0.717, 1.165) is 24.1 Å². The van der Waals surface area contributed by atoms with Gasteiger partial charge in [-0.2, -0.15) is 0 Å². The number of hydrogen-bond donors (Lipinski definition) is 1. The van der Waals surface area contributed by atoms with E-state index in [1.165, 1.54) is 0 Å². The minimum absolute atomic E-state index is 0.00809. The molecular weight excluding hydrogens is 428 g/mol. The first kappa shape index (κ1) is 24.0. The van der Waals surface area contributed by atoms with E-state index in [1.54, 1.807) is 7.05 Å². The average Bonchev–Trinajstić information content (AvgIpc) is 3.11. The van der Waals surface area contributed by atoms with E-state index >= 15 is 0 Å². The van der Waals surface area contributed by atoms with Crippen LogP contribution in [0.2, 0.25) is 0 Å². The molecule has 2 aromatic carbocycles. The maximum Gasteiger partial charge on any atom is 0.233 e. The Morgan fingerprint density at radius 2 is 1.65 bits per heavy atom. The van der Waals surface area contributed by atoms with Crippen LogP contribution in [0.3, 0.4) is 0 Å². The molecule has 180 valence electrons. The molecule has 0 radical (unpaired) electrons. The molecule has 2 aromatic rings. The smallest absolute Gasteiger partial charge is 0.233 e. The van der Waals surface area contributed by atoms with Crippen LogP contribution in [0.25, 0.3) is 0 Å². The predicted octanol–water partition coefficient (Wildman–Crippen LogP) is 2.45. The number of likely N-dealkylation sites (N-methyl/N-ethyl adjacent to an activating group) is 1. The summed E-state index contributed by atoms with van der Waals surface area (Å²) >= 11 is 0. The highest BCUT2D eigenvalue weighted by atomic mass is 16.2. The highest BCUT2D eigenvalue weighted by molar-refractivity contribution is 5.85. The Balaban J connectivity index is 1.56. The summed E-state index contributed by atoms with van der Waals surface area (Å²) in [6, 6.07) is 19.6. The Kier molecular flexibility index (Phi) is 7.95. The van der Waals surface area contributed by atoms with Gasteiger partial charge in [-0.05, 0) is 24.0 Å². The summed E-state index contributed by atoms with van der Waals surface area (Å²) < 4.78 is 0. The molecule has 3 amide bonds. The lowest BCUT2D eigenvalue weighted by Gasteiger charge is -2.42. The first-order valence-electron chi connectivity index (χ1n) is 12.2. The maximum atomic E-state index is 13.9. The molecule has 4 rings (SSSR count). The predicted molar refractivity (Wildman–Crippen MR) is 131 cm³/mol. The second kappa shape index (κ2) is 11.3. The van der Waals surface area contributed by atoms with Crippen LogP contribution < -0.4 is 5.32 Å². The molecule has 0 aromatic heterocycles. The molecule has 2 heterocycles. The molecule has 0 bridgehead atoms. The third-order valence-corrected chi connectivity index (χ3v) is 6.91. The molecule has 7 heteroatoms. The average molecular weight is 463 g/mol. The molecule has 0 saturated carbocycles. The van der Waals surface area contributed by atoms with Crippen molar-refractivity contribution in [3.63, 3.8) is 0 Å². The van der Waals surface area contributed by atoms with Crippen LogP contribution in [0, 0.1) is 5.92 Å². The number of nitrogens with zero attached hydrogens (tertiary/aromatic N) is 3. The number of rotatable bonds is 6. The van der Waals surface area contributed by atoms with E-state index in [0.29, 0.717) is 45.6 Å². The van der Waals surface area contributed by atoms with Gasteiger partial charge in [0, 0.05) is 46.2 Å². The highest BCUT2D eigenvalue weighted by Gasteiger charge is 2.42. The Labute approximate surface area is 201 Å². The number of hydrogen-bond acceptors (Lipinski definition) is 4. The number of carbonyl (C=O) groups excluding carboxylic acids is 3. The zero-order valence-corrected chi connectivity index (χ0v) is 19.9. The molecule has 2 fully saturated rings. The topological polar surface area (TPSA) is 73.0 Å². The summed E-state index contributed by atoms with van der Waals surface area (Å²) in [5, 5.41) is 2.67. The largest absolute Gasteiger partial charge is 0.358 e. The number of nitrogens with one attached hydrogen (secondary N) is 1. The van der Waals surface area contributed by atoms with E-state index in [-0.39, 0.29) is 29.7 Å². The van der Waals surface area contributed by atoms with Crippen molar-refractivity contribution in [1.29, 1.82) is 0 Å². The van der Waals surface area contributed by atoms with E-state index in [4.69, 9.17) is 0 Å². The number of piperidine rings is 1. The van der Waals surface area contributed by atoms with Crippen LogP contribution in [0.4, 0.5) is 0 Å². The SMILES string of the molecule is CNC(=O)CN1CCCN(C(=O)C2CCC(=O)N(Cc3ccccc3)C2c2ccccc2)CC1. The summed E-state index contributed by atoms with van der Waals surface area (Å²) in [6.45, 7) is 3.59. The fourth-order valence-electron chi connectivity index (χ4n) is 5.11. The molecule has 2 aliphatic rings. The number of amides is 3. The van der Waals surface area contributed by atoms with Crippen molar-refractivity contribution in [3.05, 3.63) is 71.8 Å². The minimum atomic E-state index is -0.291. The molecule has 0 aliphatic carbocycles. The maximum absolute atomic E-state index is 13.9. The third-order valence-electron chi connectivity index (χ3n) is 6.91. The van der Waals surface area contributed by atoms with E-state index in [9.17, 15) is 14.4 Å². The third kappa shape index (κ3) is 5.65. The van der Waals surface area contributed by atoms with Crippen molar-refractivity contribution in [2.75, 3.05) is 39.8 Å². The lowest BCUT2D eigenvalue weighted by Crippen LogP contribution is -2.49. The van der Waals surface area contributed by atoms with Gasteiger partial charge in [0.05, 0.1) is 18.5 Å². The van der Waals surface area contributed by atoms with Crippen molar-refractivity contribution in [2.45, 2.75) is 31.8 Å². The fourth-order valence-corrected chi connectivity index (χ4v) is 5.11. The van der Waals surface area contributed by atoms with Gasteiger partial charge in [-0.3, -0.25) is 19.3 Å². The van der Waals surface area contributed by atoms with Gasteiger partial charge in [0.1, 0.15) is 0 Å². The van der Waals surface area contributed by atoms with Crippen LogP contribution in [0.5, 0.6) is 0 Å². The van der Waals surface area contributed by atoms with Crippen molar-refractivity contribution >= 4 is 17.7 Å².